The van der Waals surface area contributed by atoms with Crippen LogP contribution in [0.5, 0.6) is 5.75 Å². The summed E-state index contributed by atoms with van der Waals surface area (Å²) in [5, 5.41) is 2.68. The molecule has 2 aromatic carbocycles. The van der Waals surface area contributed by atoms with Crippen molar-refractivity contribution in [2.24, 2.45) is 0 Å². The van der Waals surface area contributed by atoms with E-state index in [0.717, 1.165) is 22.2 Å². The van der Waals surface area contributed by atoms with E-state index in [1.807, 2.05) is 13.0 Å². The highest BCUT2D eigenvalue weighted by Crippen LogP contribution is 2.27. The van der Waals surface area contributed by atoms with Crippen LogP contribution in [0.1, 0.15) is 12.5 Å². The van der Waals surface area contributed by atoms with Crippen LogP contribution < -0.4 is 14.4 Å². The first-order chi connectivity index (χ1) is 12.1. The Hall–Kier alpha value is -2.61. The number of methoxy groups -OCH3 is 1. The lowest BCUT2D eigenvalue weighted by Crippen LogP contribution is -2.45. The van der Waals surface area contributed by atoms with Crippen LogP contribution in [-0.4, -0.2) is 33.7 Å². The molecule has 0 aromatic heterocycles. The van der Waals surface area contributed by atoms with Crippen molar-refractivity contribution in [3.05, 3.63) is 53.8 Å². The molecule has 140 valence electrons. The topological polar surface area (TPSA) is 75.7 Å². The standard InChI is InChI=1S/C18H21FN2O4S/c1-12-8-9-17(25-3)16(10-12)20-18(22)13(2)21(26(4,23)24)15-7-5-6-14(19)11-15/h5-11,13H,1-4H3,(H,20,22). The van der Waals surface area contributed by atoms with Gasteiger partial charge in [0.1, 0.15) is 17.6 Å². The third-order valence-electron chi connectivity index (χ3n) is 3.76. The zero-order valence-corrected chi connectivity index (χ0v) is 15.8. The number of sulfonamides is 1. The average molecular weight is 380 g/mol. The van der Waals surface area contributed by atoms with Gasteiger partial charge in [0.15, 0.2) is 0 Å². The van der Waals surface area contributed by atoms with E-state index >= 15 is 0 Å². The molecular formula is C18H21FN2O4S. The number of amides is 1. The summed E-state index contributed by atoms with van der Waals surface area (Å²) in [5.41, 5.74) is 1.40. The number of hydrogen-bond acceptors (Lipinski definition) is 4. The van der Waals surface area contributed by atoms with Gasteiger partial charge in [0.05, 0.1) is 24.7 Å². The highest BCUT2D eigenvalue weighted by Gasteiger charge is 2.29. The van der Waals surface area contributed by atoms with Gasteiger partial charge in [0.25, 0.3) is 0 Å². The van der Waals surface area contributed by atoms with E-state index in [0.29, 0.717) is 11.4 Å². The lowest BCUT2D eigenvalue weighted by atomic mass is 10.2. The van der Waals surface area contributed by atoms with Crippen molar-refractivity contribution < 1.29 is 22.3 Å². The van der Waals surface area contributed by atoms with Crippen LogP contribution in [-0.2, 0) is 14.8 Å². The highest BCUT2D eigenvalue weighted by molar-refractivity contribution is 7.92. The van der Waals surface area contributed by atoms with Gasteiger partial charge in [-0.1, -0.05) is 12.1 Å². The molecule has 1 N–H and O–H groups in total. The Labute approximate surface area is 152 Å². The number of aryl methyl sites for hydroxylation is 1. The first kappa shape index (κ1) is 19.7. The molecule has 0 aliphatic rings. The van der Waals surface area contributed by atoms with E-state index in [9.17, 15) is 17.6 Å². The van der Waals surface area contributed by atoms with E-state index in [-0.39, 0.29) is 5.69 Å². The summed E-state index contributed by atoms with van der Waals surface area (Å²) < 4.78 is 44.1. The molecule has 2 rings (SSSR count). The molecule has 0 radical (unpaired) electrons. The molecule has 0 bridgehead atoms. The second-order valence-electron chi connectivity index (χ2n) is 5.91. The second-order valence-corrected chi connectivity index (χ2v) is 7.77. The van der Waals surface area contributed by atoms with Crippen molar-refractivity contribution in [3.63, 3.8) is 0 Å². The van der Waals surface area contributed by atoms with Gasteiger partial charge in [-0.05, 0) is 49.7 Å². The Balaban J connectivity index is 2.36. The molecular weight excluding hydrogens is 359 g/mol. The molecule has 1 atom stereocenters. The number of benzene rings is 2. The lowest BCUT2D eigenvalue weighted by Gasteiger charge is -2.28. The fourth-order valence-electron chi connectivity index (χ4n) is 2.58. The van der Waals surface area contributed by atoms with Crippen LogP contribution in [0.25, 0.3) is 0 Å². The highest BCUT2D eigenvalue weighted by atomic mass is 32.2. The van der Waals surface area contributed by atoms with Gasteiger partial charge in [-0.2, -0.15) is 0 Å². The Morgan fingerprint density at radius 1 is 1.23 bits per heavy atom. The quantitative estimate of drug-likeness (QED) is 0.836. The van der Waals surface area contributed by atoms with Gasteiger partial charge in [0, 0.05) is 0 Å². The number of rotatable bonds is 6. The predicted octanol–water partition coefficient (Wildman–Crippen LogP) is 2.94. The van der Waals surface area contributed by atoms with Crippen LogP contribution in [0.3, 0.4) is 0 Å². The van der Waals surface area contributed by atoms with E-state index in [4.69, 9.17) is 4.74 Å². The molecule has 8 heteroatoms. The normalized spacial score (nSPS) is 12.3. The molecule has 6 nitrogen and oxygen atoms in total. The second kappa shape index (κ2) is 7.74. The fraction of sp³-hybridized carbons (Fsp3) is 0.278. The van der Waals surface area contributed by atoms with Gasteiger partial charge < -0.3 is 10.1 Å². The fourth-order valence-corrected chi connectivity index (χ4v) is 3.75. The zero-order valence-electron chi connectivity index (χ0n) is 15.0. The summed E-state index contributed by atoms with van der Waals surface area (Å²) in [6.45, 7) is 3.29. The maximum Gasteiger partial charge on any atom is 0.248 e. The maximum absolute atomic E-state index is 13.5. The van der Waals surface area contributed by atoms with Crippen molar-refractivity contribution >= 4 is 27.3 Å². The number of ether oxygens (including phenoxy) is 1. The average Bonchev–Trinajstić information content (AvgIpc) is 2.54. The predicted molar refractivity (Wildman–Crippen MR) is 99.5 cm³/mol. The molecule has 0 spiro atoms. The van der Waals surface area contributed by atoms with Crippen LogP contribution in [0.2, 0.25) is 0 Å². The van der Waals surface area contributed by atoms with Gasteiger partial charge in [0.2, 0.25) is 15.9 Å². The van der Waals surface area contributed by atoms with Gasteiger partial charge in [-0.3, -0.25) is 9.10 Å². The first-order valence-corrected chi connectivity index (χ1v) is 9.69. The number of carbonyl (C=O) groups excluding carboxylic acids is 1. The van der Waals surface area contributed by atoms with Crippen LogP contribution in [0, 0.1) is 12.7 Å². The number of anilines is 2. The lowest BCUT2D eigenvalue weighted by molar-refractivity contribution is -0.116. The van der Waals surface area contributed by atoms with Gasteiger partial charge in [-0.15, -0.1) is 0 Å². The van der Waals surface area contributed by atoms with Crippen LogP contribution in [0.15, 0.2) is 42.5 Å². The molecule has 0 fully saturated rings. The number of nitrogens with one attached hydrogen (secondary N) is 1. The SMILES string of the molecule is COc1ccc(C)cc1NC(=O)C(C)N(c1cccc(F)c1)S(C)(=O)=O. The molecule has 0 saturated heterocycles. The van der Waals surface area contributed by atoms with Gasteiger partial charge >= 0.3 is 0 Å². The number of carbonyl (C=O) groups is 1. The molecule has 0 saturated carbocycles. The smallest absolute Gasteiger partial charge is 0.248 e. The number of nitrogens with zero attached hydrogens (tertiary/aromatic N) is 1. The number of hydrogen-bond donors (Lipinski definition) is 1. The minimum atomic E-state index is -3.82. The van der Waals surface area contributed by atoms with Crippen LogP contribution >= 0.6 is 0 Å². The zero-order chi connectivity index (χ0) is 19.5. The third kappa shape index (κ3) is 4.51. The minimum absolute atomic E-state index is 0.0753. The molecule has 2 aromatic rings. The van der Waals surface area contributed by atoms with Gasteiger partial charge in [-0.25, -0.2) is 12.8 Å². The van der Waals surface area contributed by atoms with E-state index in [2.05, 4.69) is 5.32 Å². The third-order valence-corrected chi connectivity index (χ3v) is 5.01. The van der Waals surface area contributed by atoms with Crippen LogP contribution in [0.4, 0.5) is 15.8 Å². The van der Waals surface area contributed by atoms with E-state index in [1.165, 1.54) is 32.2 Å². The van der Waals surface area contributed by atoms with Crippen molar-refractivity contribution in [1.82, 2.24) is 0 Å². The Morgan fingerprint density at radius 2 is 1.92 bits per heavy atom. The van der Waals surface area contributed by atoms with Crippen molar-refractivity contribution in [2.45, 2.75) is 19.9 Å². The summed E-state index contributed by atoms with van der Waals surface area (Å²) >= 11 is 0. The van der Waals surface area contributed by atoms with Crippen molar-refractivity contribution in [1.29, 1.82) is 0 Å². The van der Waals surface area contributed by atoms with E-state index in [1.54, 1.807) is 12.1 Å². The molecule has 0 aliphatic heterocycles. The summed E-state index contributed by atoms with van der Waals surface area (Å²) in [6, 6.07) is 9.24. The maximum atomic E-state index is 13.5. The monoisotopic (exact) mass is 380 g/mol. The van der Waals surface area contributed by atoms with Crippen molar-refractivity contribution in [2.75, 3.05) is 23.0 Å². The molecule has 0 aliphatic carbocycles. The summed E-state index contributed by atoms with van der Waals surface area (Å²) in [7, 11) is -2.35. The Bertz CT molecular complexity index is 915. The molecule has 1 unspecified atom stereocenters. The first-order valence-electron chi connectivity index (χ1n) is 7.84. The summed E-state index contributed by atoms with van der Waals surface area (Å²) in [4.78, 5) is 12.7. The summed E-state index contributed by atoms with van der Waals surface area (Å²) in [5.74, 6) is -0.708. The Kier molecular flexibility index (Phi) is 5.86. The number of halogens is 1. The molecule has 1 amide bonds. The summed E-state index contributed by atoms with van der Waals surface area (Å²) in [6.07, 6.45) is 0.967. The van der Waals surface area contributed by atoms with Crippen molar-refractivity contribution in [3.8, 4) is 5.75 Å². The molecule has 26 heavy (non-hydrogen) atoms. The molecule has 0 heterocycles. The Morgan fingerprint density at radius 3 is 2.50 bits per heavy atom. The van der Waals surface area contributed by atoms with E-state index < -0.39 is 27.8 Å². The largest absolute Gasteiger partial charge is 0.495 e. The minimum Gasteiger partial charge on any atom is -0.495 e.